The molecule has 0 heterocycles. The van der Waals surface area contributed by atoms with Crippen LogP contribution in [0.4, 0.5) is 10.1 Å². The lowest BCUT2D eigenvalue weighted by atomic mass is 10.1. The first kappa shape index (κ1) is 10.4. The van der Waals surface area contributed by atoms with Crippen molar-refractivity contribution in [2.45, 2.75) is 38.3 Å². The Hall–Kier alpha value is -1.09. The van der Waals surface area contributed by atoms with Crippen LogP contribution in [0.15, 0.2) is 18.2 Å². The molecule has 0 saturated heterocycles. The van der Waals surface area contributed by atoms with Crippen LogP contribution in [-0.4, -0.2) is 17.3 Å². The van der Waals surface area contributed by atoms with Gasteiger partial charge in [0.05, 0.1) is 12.1 Å². The largest absolute Gasteiger partial charge is 0.391 e. The number of aliphatic hydroxyl groups excluding tert-OH is 1. The Labute approximate surface area is 89.1 Å². The summed E-state index contributed by atoms with van der Waals surface area (Å²) in [6.45, 7) is 1.93. The molecule has 3 heteroatoms. The van der Waals surface area contributed by atoms with Crippen molar-refractivity contribution < 1.29 is 9.50 Å². The molecule has 0 spiro atoms. The summed E-state index contributed by atoms with van der Waals surface area (Å²) in [6.07, 6.45) is 2.53. The van der Waals surface area contributed by atoms with Gasteiger partial charge in [0.15, 0.2) is 0 Å². The molecule has 1 fully saturated rings. The molecule has 0 unspecified atom stereocenters. The number of hydrogen-bond donors (Lipinski definition) is 2. The summed E-state index contributed by atoms with van der Waals surface area (Å²) in [6, 6.07) is 4.76. The third kappa shape index (κ3) is 2.29. The fraction of sp³-hybridized carbons (Fsp3) is 0.500. The molecular formula is C12H16FNO. The minimum Gasteiger partial charge on any atom is -0.391 e. The predicted molar refractivity (Wildman–Crippen MR) is 58.4 cm³/mol. The summed E-state index contributed by atoms with van der Waals surface area (Å²) in [7, 11) is 0. The lowest BCUT2D eigenvalue weighted by Gasteiger charge is -2.19. The van der Waals surface area contributed by atoms with Crippen LogP contribution < -0.4 is 5.32 Å². The van der Waals surface area contributed by atoms with Crippen LogP contribution in [0, 0.1) is 12.7 Å². The van der Waals surface area contributed by atoms with Crippen molar-refractivity contribution in [2.75, 3.05) is 5.32 Å². The molecule has 1 aliphatic rings. The first-order chi connectivity index (χ1) is 7.16. The van der Waals surface area contributed by atoms with Gasteiger partial charge in [-0.2, -0.15) is 0 Å². The smallest absolute Gasteiger partial charge is 0.125 e. The van der Waals surface area contributed by atoms with Gasteiger partial charge in [-0.05, 0) is 43.9 Å². The summed E-state index contributed by atoms with van der Waals surface area (Å²) < 4.78 is 13.0. The van der Waals surface area contributed by atoms with Gasteiger partial charge in [-0.15, -0.1) is 0 Å². The van der Waals surface area contributed by atoms with Gasteiger partial charge in [-0.3, -0.25) is 0 Å². The fourth-order valence-corrected chi connectivity index (χ4v) is 2.06. The number of aliphatic hydroxyl groups is 1. The Balaban J connectivity index is 2.12. The zero-order valence-electron chi connectivity index (χ0n) is 8.83. The lowest BCUT2D eigenvalue weighted by molar-refractivity contribution is 0.172. The van der Waals surface area contributed by atoms with E-state index >= 15 is 0 Å². The van der Waals surface area contributed by atoms with Crippen LogP contribution in [0.5, 0.6) is 0 Å². The standard InChI is InChI=1S/C12H16FNO/c1-8-5-6-9(13)7-11(8)14-10-3-2-4-12(10)15/h5-7,10,12,14-15H,2-4H2,1H3/t10-,12-/m0/s1. The Bertz CT molecular complexity index is 353. The van der Waals surface area contributed by atoms with E-state index in [4.69, 9.17) is 0 Å². The van der Waals surface area contributed by atoms with Crippen LogP contribution in [0.2, 0.25) is 0 Å². The number of anilines is 1. The average molecular weight is 209 g/mol. The Kier molecular flexibility index (Phi) is 2.91. The minimum absolute atomic E-state index is 0.0745. The van der Waals surface area contributed by atoms with Crippen molar-refractivity contribution >= 4 is 5.69 Å². The second-order valence-electron chi connectivity index (χ2n) is 4.21. The van der Waals surface area contributed by atoms with E-state index in [0.29, 0.717) is 0 Å². The van der Waals surface area contributed by atoms with E-state index in [1.54, 1.807) is 6.07 Å². The minimum atomic E-state index is -0.298. The molecule has 2 N–H and O–H groups in total. The predicted octanol–water partition coefficient (Wildman–Crippen LogP) is 2.46. The topological polar surface area (TPSA) is 32.3 Å². The monoisotopic (exact) mass is 209 g/mol. The number of rotatable bonds is 2. The van der Waals surface area contributed by atoms with E-state index in [2.05, 4.69) is 5.32 Å². The normalized spacial score (nSPS) is 25.5. The number of aryl methyl sites for hydroxylation is 1. The van der Waals surface area contributed by atoms with Gasteiger partial charge in [-0.1, -0.05) is 6.07 Å². The van der Waals surface area contributed by atoms with Gasteiger partial charge in [0.25, 0.3) is 0 Å². The maximum atomic E-state index is 13.0. The Morgan fingerprint density at radius 2 is 2.20 bits per heavy atom. The van der Waals surface area contributed by atoms with Gasteiger partial charge in [0.2, 0.25) is 0 Å². The molecule has 0 amide bonds. The van der Waals surface area contributed by atoms with E-state index in [9.17, 15) is 9.50 Å². The highest BCUT2D eigenvalue weighted by Crippen LogP contribution is 2.25. The zero-order valence-corrected chi connectivity index (χ0v) is 8.83. The molecule has 2 nitrogen and oxygen atoms in total. The molecule has 1 saturated carbocycles. The van der Waals surface area contributed by atoms with Crippen LogP contribution in [-0.2, 0) is 0 Å². The van der Waals surface area contributed by atoms with E-state index in [-0.39, 0.29) is 18.0 Å². The summed E-state index contributed by atoms with van der Waals surface area (Å²) in [4.78, 5) is 0. The number of halogens is 1. The number of hydrogen-bond acceptors (Lipinski definition) is 2. The number of benzene rings is 1. The quantitative estimate of drug-likeness (QED) is 0.784. The molecule has 2 atom stereocenters. The van der Waals surface area contributed by atoms with Gasteiger partial charge in [0.1, 0.15) is 5.82 Å². The molecule has 1 aliphatic carbocycles. The third-order valence-electron chi connectivity index (χ3n) is 3.02. The van der Waals surface area contributed by atoms with Gasteiger partial charge < -0.3 is 10.4 Å². The van der Waals surface area contributed by atoms with Crippen LogP contribution >= 0.6 is 0 Å². The SMILES string of the molecule is Cc1ccc(F)cc1N[C@H]1CCC[C@@H]1O. The van der Waals surface area contributed by atoms with Gasteiger partial charge in [0, 0.05) is 5.69 Å². The van der Waals surface area contributed by atoms with Gasteiger partial charge in [-0.25, -0.2) is 4.39 Å². The maximum Gasteiger partial charge on any atom is 0.125 e. The highest BCUT2D eigenvalue weighted by molar-refractivity contribution is 5.51. The first-order valence-electron chi connectivity index (χ1n) is 5.37. The second kappa shape index (κ2) is 4.19. The van der Waals surface area contributed by atoms with Crippen LogP contribution in [0.3, 0.4) is 0 Å². The molecule has 1 aromatic rings. The van der Waals surface area contributed by atoms with Crippen LogP contribution in [0.25, 0.3) is 0 Å². The highest BCUT2D eigenvalue weighted by atomic mass is 19.1. The molecule has 15 heavy (non-hydrogen) atoms. The molecule has 0 aromatic heterocycles. The zero-order chi connectivity index (χ0) is 10.8. The van der Waals surface area contributed by atoms with E-state index in [1.165, 1.54) is 12.1 Å². The maximum absolute atomic E-state index is 13.0. The van der Waals surface area contributed by atoms with Crippen molar-refractivity contribution in [3.05, 3.63) is 29.6 Å². The van der Waals surface area contributed by atoms with Crippen molar-refractivity contribution in [1.29, 1.82) is 0 Å². The molecular weight excluding hydrogens is 193 g/mol. The summed E-state index contributed by atoms with van der Waals surface area (Å²) in [5, 5.41) is 12.9. The molecule has 0 bridgehead atoms. The number of nitrogens with one attached hydrogen (secondary N) is 1. The van der Waals surface area contributed by atoms with E-state index in [0.717, 1.165) is 30.5 Å². The second-order valence-corrected chi connectivity index (χ2v) is 4.21. The van der Waals surface area contributed by atoms with Crippen molar-refractivity contribution in [3.63, 3.8) is 0 Å². The first-order valence-corrected chi connectivity index (χ1v) is 5.37. The van der Waals surface area contributed by atoms with E-state index < -0.39 is 0 Å². The summed E-state index contributed by atoms with van der Waals surface area (Å²) in [5.41, 5.74) is 1.80. The third-order valence-corrected chi connectivity index (χ3v) is 3.02. The molecule has 0 radical (unpaired) electrons. The Morgan fingerprint density at radius 3 is 2.87 bits per heavy atom. The highest BCUT2D eigenvalue weighted by Gasteiger charge is 2.25. The fourth-order valence-electron chi connectivity index (χ4n) is 2.06. The van der Waals surface area contributed by atoms with Crippen LogP contribution in [0.1, 0.15) is 24.8 Å². The average Bonchev–Trinajstić information content (AvgIpc) is 2.58. The molecule has 82 valence electrons. The summed E-state index contributed by atoms with van der Waals surface area (Å²) in [5.74, 6) is -0.240. The summed E-state index contributed by atoms with van der Waals surface area (Å²) >= 11 is 0. The van der Waals surface area contributed by atoms with E-state index in [1.807, 2.05) is 6.92 Å². The Morgan fingerprint density at radius 1 is 1.40 bits per heavy atom. The molecule has 1 aromatic carbocycles. The van der Waals surface area contributed by atoms with Crippen molar-refractivity contribution in [1.82, 2.24) is 0 Å². The molecule has 2 rings (SSSR count). The van der Waals surface area contributed by atoms with Crippen molar-refractivity contribution in [3.8, 4) is 0 Å². The van der Waals surface area contributed by atoms with Crippen molar-refractivity contribution in [2.24, 2.45) is 0 Å². The lowest BCUT2D eigenvalue weighted by Crippen LogP contribution is -2.28. The van der Waals surface area contributed by atoms with Gasteiger partial charge >= 0.3 is 0 Å². The molecule has 0 aliphatic heterocycles.